The van der Waals surface area contributed by atoms with E-state index in [-0.39, 0.29) is 11.5 Å². The second kappa shape index (κ2) is 4.20. The largest absolute Gasteiger partial charge is 0.505 e. The number of benzene rings is 2. The number of aromatic hydroxyl groups is 2. The minimum Gasteiger partial charge on any atom is -0.505 e. The van der Waals surface area contributed by atoms with Gasteiger partial charge in [-0.3, -0.25) is 0 Å². The molecule has 0 unspecified atom stereocenters. The molecule has 0 aliphatic carbocycles. The molecule has 104 valence electrons. The molecule has 0 amide bonds. The van der Waals surface area contributed by atoms with Crippen LogP contribution < -0.4 is 0 Å². The van der Waals surface area contributed by atoms with Gasteiger partial charge < -0.3 is 20.2 Å². The zero-order valence-electron chi connectivity index (χ0n) is 11.7. The fourth-order valence-electron chi connectivity index (χ4n) is 2.59. The lowest BCUT2D eigenvalue weighted by molar-refractivity contribution is 0.475. The molecule has 21 heavy (non-hydrogen) atoms. The van der Waals surface area contributed by atoms with E-state index in [1.54, 1.807) is 36.4 Å². The van der Waals surface area contributed by atoms with Gasteiger partial charge >= 0.3 is 0 Å². The van der Waals surface area contributed by atoms with E-state index in [2.05, 4.69) is 9.97 Å². The summed E-state index contributed by atoms with van der Waals surface area (Å²) in [7, 11) is 0. The average Bonchev–Trinajstić information content (AvgIpc) is 2.96. The van der Waals surface area contributed by atoms with Gasteiger partial charge in [-0.25, -0.2) is 0 Å². The summed E-state index contributed by atoms with van der Waals surface area (Å²) in [6.45, 7) is 0. The summed E-state index contributed by atoms with van der Waals surface area (Å²) < 4.78 is 7.64. The first kappa shape index (κ1) is 11.1. The van der Waals surface area contributed by atoms with Gasteiger partial charge in [0.05, 0.1) is 6.89 Å². The topological polar surface area (TPSA) is 72.0 Å². The van der Waals surface area contributed by atoms with E-state index < -0.39 is 0 Å². The molecular formula is C16H11ClN2O2. The highest BCUT2D eigenvalue weighted by atomic mass is 35.5. The van der Waals surface area contributed by atoms with E-state index >= 15 is 0 Å². The van der Waals surface area contributed by atoms with E-state index in [1.807, 2.05) is 0 Å². The molecule has 4 N–H and O–H groups in total. The lowest BCUT2D eigenvalue weighted by atomic mass is 10.2. The number of para-hydroxylation sites is 1. The molecule has 0 saturated heterocycles. The number of hydrogen-bond donors (Lipinski definition) is 4. The van der Waals surface area contributed by atoms with Crippen LogP contribution in [0.25, 0.3) is 33.2 Å². The summed E-state index contributed by atoms with van der Waals surface area (Å²) in [6, 6.07) is 10.4. The highest BCUT2D eigenvalue weighted by Crippen LogP contribution is 2.42. The maximum absolute atomic E-state index is 10.4. The Kier molecular flexibility index (Phi) is 2.22. The maximum atomic E-state index is 10.4. The zero-order chi connectivity index (χ0) is 15.4. The predicted octanol–water partition coefficient (Wildman–Crippen LogP) is 4.38. The molecule has 2 heterocycles. The molecule has 0 spiro atoms. The van der Waals surface area contributed by atoms with Gasteiger partial charge in [-0.1, -0.05) is 23.7 Å². The molecule has 0 aliphatic heterocycles. The molecule has 5 heteroatoms. The van der Waals surface area contributed by atoms with Crippen molar-refractivity contribution < 1.29 is 11.6 Å². The number of rotatable bonds is 1. The van der Waals surface area contributed by atoms with Gasteiger partial charge in [0.15, 0.2) is 11.5 Å². The van der Waals surface area contributed by atoms with Crippen molar-refractivity contribution >= 4 is 33.4 Å². The van der Waals surface area contributed by atoms with Crippen LogP contribution in [0.4, 0.5) is 0 Å². The van der Waals surface area contributed by atoms with E-state index in [4.69, 9.17) is 13.0 Å². The van der Waals surface area contributed by atoms with Crippen molar-refractivity contribution in [3.8, 4) is 22.9 Å². The van der Waals surface area contributed by atoms with Gasteiger partial charge in [-0.05, 0) is 30.3 Å². The van der Waals surface area contributed by atoms with Crippen LogP contribution in [-0.4, -0.2) is 20.2 Å². The molecule has 0 aliphatic rings. The second-order valence-electron chi connectivity index (χ2n) is 4.86. The van der Waals surface area contributed by atoms with E-state index in [0.717, 1.165) is 0 Å². The van der Waals surface area contributed by atoms with Crippen LogP contribution in [0.15, 0.2) is 42.4 Å². The third kappa shape index (κ3) is 1.69. The van der Waals surface area contributed by atoms with Crippen LogP contribution in [0.3, 0.4) is 0 Å². The molecular weight excluding hydrogens is 288 g/mol. The lowest BCUT2D eigenvalue weighted by Gasteiger charge is -1.97. The fourth-order valence-corrected chi connectivity index (χ4v) is 2.76. The number of halogens is 1. The molecule has 0 bridgehead atoms. The van der Waals surface area contributed by atoms with Crippen LogP contribution in [0.2, 0.25) is 5.02 Å². The Labute approximate surface area is 126 Å². The Bertz CT molecular complexity index is 952. The number of H-pyrrole nitrogens is 2. The maximum Gasteiger partial charge on any atom is 0.150 e. The molecule has 4 aromatic rings. The van der Waals surface area contributed by atoms with Gasteiger partial charge in [-0.2, -0.15) is 0 Å². The first-order chi connectivity index (χ1) is 10.5. The van der Waals surface area contributed by atoms with Gasteiger partial charge in [-0.15, -0.1) is 0 Å². The van der Waals surface area contributed by atoms with Crippen molar-refractivity contribution in [2.45, 2.75) is 0 Å². The highest BCUT2D eigenvalue weighted by molar-refractivity contribution is 6.31. The summed E-state index contributed by atoms with van der Waals surface area (Å²) >= 11 is 5.96. The smallest absolute Gasteiger partial charge is 0.150 e. The Morgan fingerprint density at radius 3 is 2.33 bits per heavy atom. The van der Waals surface area contributed by atoms with Crippen molar-refractivity contribution in [3.63, 3.8) is 0 Å². The van der Waals surface area contributed by atoms with Crippen LogP contribution in [0, 0.1) is 0 Å². The molecule has 0 fully saturated rings. The molecule has 4 rings (SSSR count). The van der Waals surface area contributed by atoms with Crippen LogP contribution >= 0.6 is 11.6 Å². The Balaban J connectivity index is 2.02. The van der Waals surface area contributed by atoms with Crippen LogP contribution in [-0.2, 0) is 0 Å². The SMILES string of the molecule is [2H]c1ccc2c(O)c(-c3[nH]c4cc(Cl)ccc4c3O)[nH]c2c1. The normalized spacial score (nSPS) is 12.1. The van der Waals surface area contributed by atoms with Crippen LogP contribution in [0.5, 0.6) is 11.5 Å². The quantitative estimate of drug-likeness (QED) is 0.421. The number of aromatic amines is 2. The van der Waals surface area contributed by atoms with E-state index in [9.17, 15) is 10.2 Å². The third-order valence-corrected chi connectivity index (χ3v) is 3.83. The van der Waals surface area contributed by atoms with Gasteiger partial charge in [0, 0.05) is 21.3 Å². The Morgan fingerprint density at radius 1 is 0.905 bits per heavy atom. The summed E-state index contributed by atoms with van der Waals surface area (Å²) in [5.41, 5.74) is 2.08. The van der Waals surface area contributed by atoms with Crippen molar-refractivity contribution in [2.24, 2.45) is 0 Å². The minimum absolute atomic E-state index is 0.0305. The highest BCUT2D eigenvalue weighted by Gasteiger charge is 2.19. The number of nitrogens with one attached hydrogen (secondary N) is 2. The number of fused-ring (bicyclic) bond motifs is 2. The standard InChI is InChI=1S/C16H11ClN2O2/c17-8-5-6-10-12(7-8)19-14(16(10)21)13-15(20)9-3-1-2-4-11(9)18-13/h1-7,18-21H/i2D. The number of hydrogen-bond acceptors (Lipinski definition) is 2. The predicted molar refractivity (Wildman–Crippen MR) is 83.9 cm³/mol. The Hall–Kier alpha value is -2.59. The third-order valence-electron chi connectivity index (χ3n) is 3.60. The fraction of sp³-hybridized carbons (Fsp3) is 0. The van der Waals surface area contributed by atoms with Crippen LogP contribution in [0.1, 0.15) is 1.37 Å². The lowest BCUT2D eigenvalue weighted by Crippen LogP contribution is -1.78. The first-order valence-electron chi connectivity index (χ1n) is 6.86. The van der Waals surface area contributed by atoms with Gasteiger partial charge in [0.25, 0.3) is 0 Å². The summed E-state index contributed by atoms with van der Waals surface area (Å²) in [5, 5.41) is 22.6. The molecule has 2 aromatic heterocycles. The molecule has 0 atom stereocenters. The van der Waals surface area contributed by atoms with E-state index in [1.165, 1.54) is 0 Å². The molecule has 0 saturated carbocycles. The molecule has 4 nitrogen and oxygen atoms in total. The van der Waals surface area contributed by atoms with Crippen molar-refractivity contribution in [1.82, 2.24) is 9.97 Å². The molecule has 0 radical (unpaired) electrons. The Morgan fingerprint density at radius 2 is 1.57 bits per heavy atom. The summed E-state index contributed by atoms with van der Waals surface area (Å²) in [4.78, 5) is 6.11. The number of aromatic nitrogens is 2. The van der Waals surface area contributed by atoms with Crippen molar-refractivity contribution in [1.29, 1.82) is 0 Å². The first-order valence-corrected chi connectivity index (χ1v) is 6.74. The zero-order valence-corrected chi connectivity index (χ0v) is 11.5. The second-order valence-corrected chi connectivity index (χ2v) is 5.30. The van der Waals surface area contributed by atoms with Crippen molar-refractivity contribution in [2.75, 3.05) is 0 Å². The summed E-state index contributed by atoms with van der Waals surface area (Å²) in [5.74, 6) is 0.0718. The average molecular weight is 300 g/mol. The summed E-state index contributed by atoms with van der Waals surface area (Å²) in [6.07, 6.45) is 0. The molecule has 2 aromatic carbocycles. The minimum atomic E-state index is 0.0305. The van der Waals surface area contributed by atoms with Gasteiger partial charge in [0.1, 0.15) is 11.4 Å². The van der Waals surface area contributed by atoms with Gasteiger partial charge in [0.2, 0.25) is 0 Å². The van der Waals surface area contributed by atoms with Crippen molar-refractivity contribution in [3.05, 3.63) is 47.5 Å². The monoisotopic (exact) mass is 299 g/mol. The van der Waals surface area contributed by atoms with E-state index in [0.29, 0.717) is 44.3 Å².